The number of carbonyl (C=O) groups excluding carboxylic acids is 4. The van der Waals surface area contributed by atoms with Gasteiger partial charge in [-0.05, 0) is 42.4 Å². The van der Waals surface area contributed by atoms with Crippen molar-refractivity contribution in [2.24, 2.45) is 5.73 Å². The Morgan fingerprint density at radius 1 is 1.00 bits per heavy atom. The van der Waals surface area contributed by atoms with Gasteiger partial charge < -0.3 is 33.9 Å². The van der Waals surface area contributed by atoms with Crippen LogP contribution in [0.5, 0.6) is 28.7 Å². The molecule has 2 aromatic rings. The highest BCUT2D eigenvalue weighted by Gasteiger charge is 2.38. The third-order valence-corrected chi connectivity index (χ3v) is 10.9. The van der Waals surface area contributed by atoms with E-state index in [1.807, 2.05) is 0 Å². The van der Waals surface area contributed by atoms with Crippen LogP contribution in [0.2, 0.25) is 0 Å². The number of carbonyl (C=O) groups is 4. The Labute approximate surface area is 320 Å². The Balaban J connectivity index is 1.48. The summed E-state index contributed by atoms with van der Waals surface area (Å²) in [4.78, 5) is 55.8. The second-order valence-corrected chi connectivity index (χ2v) is 15.3. The number of imide groups is 1. The zero-order chi connectivity index (χ0) is 39.8. The van der Waals surface area contributed by atoms with Gasteiger partial charge in [0.25, 0.3) is 0 Å². The van der Waals surface area contributed by atoms with Crippen molar-refractivity contribution in [2.75, 3.05) is 67.9 Å². The molecule has 0 bridgehead atoms. The first-order valence-corrected chi connectivity index (χ1v) is 19.8. The van der Waals surface area contributed by atoms with Crippen molar-refractivity contribution in [3.63, 3.8) is 0 Å². The molecule has 1 fully saturated rings. The number of likely N-dealkylation sites (tertiary alicyclic amines) is 1. The zero-order valence-electron chi connectivity index (χ0n) is 31.5. The second-order valence-electron chi connectivity index (χ2n) is 12.1. The molecule has 54 heavy (non-hydrogen) atoms. The van der Waals surface area contributed by atoms with Crippen LogP contribution in [0.25, 0.3) is 6.08 Å². The molecule has 296 valence electrons. The van der Waals surface area contributed by atoms with Gasteiger partial charge in [-0.3, -0.25) is 30.0 Å². The number of sulfone groups is 1. The molecule has 1 unspecified atom stereocenters. The number of likely N-dealkylation sites (N-methyl/N-ethyl adjacent to an activating group) is 1. The Bertz CT molecular complexity index is 1790. The molecule has 4 amide bonds. The number of amides is 4. The van der Waals surface area contributed by atoms with E-state index in [9.17, 15) is 27.6 Å². The summed E-state index contributed by atoms with van der Waals surface area (Å²) in [6.45, 7) is 0.370. The highest BCUT2D eigenvalue weighted by atomic mass is 32.2. The predicted molar refractivity (Wildman–Crippen MR) is 205 cm³/mol. The second kappa shape index (κ2) is 21.1. The third-order valence-electron chi connectivity index (χ3n) is 8.29. The average Bonchev–Trinajstić information content (AvgIpc) is 3.42. The van der Waals surface area contributed by atoms with Crippen LogP contribution < -0.4 is 39.7 Å². The molecule has 1 heterocycles. The van der Waals surface area contributed by atoms with E-state index in [4.69, 9.17) is 29.4 Å². The topological polar surface area (TPSA) is 207 Å². The van der Waals surface area contributed by atoms with Gasteiger partial charge in [0.05, 0.1) is 52.1 Å². The largest absolute Gasteiger partial charge is 0.496 e. The summed E-state index contributed by atoms with van der Waals surface area (Å²) in [7, 11) is 5.17. The number of hydrogen-bond acceptors (Lipinski definition) is 12. The lowest BCUT2D eigenvalue weighted by molar-refractivity contribution is -0.422. The number of nitrogens with two attached hydrogens (primary N) is 1. The minimum absolute atomic E-state index is 0.0113. The first-order chi connectivity index (χ1) is 25.7. The number of ether oxygens (including phenoxy) is 5. The molecule has 0 radical (unpaired) electrons. The molecule has 18 heteroatoms. The van der Waals surface area contributed by atoms with E-state index in [-0.39, 0.29) is 61.7 Å². The molecule has 2 aromatic carbocycles. The van der Waals surface area contributed by atoms with Crippen molar-refractivity contribution in [2.45, 2.75) is 43.1 Å². The van der Waals surface area contributed by atoms with Crippen molar-refractivity contribution in [3.8, 4) is 28.7 Å². The minimum atomic E-state index is -3.83. The smallest absolute Gasteiger partial charge is 0.415 e. The molecule has 16 nitrogen and oxygen atoms in total. The molecule has 1 atom stereocenters. The molecular formula is C36H50N5O11S2+. The Hall–Kier alpha value is -4.97. The minimum Gasteiger partial charge on any atom is -0.496 e. The molecule has 0 aliphatic carbocycles. The SMILES string of the molecule is C[NH+]=C(N)CCCSC1CC(=O)N(CCCC(=O)NCCN(C)C(=O)Oc2cc(CS(=O)(=O)/C=C/c3c(OC)cc(OC)cc3OC)ccc2OC)C1=O. The van der Waals surface area contributed by atoms with Crippen molar-refractivity contribution in [3.05, 3.63) is 46.9 Å². The zero-order valence-corrected chi connectivity index (χ0v) is 33.1. The summed E-state index contributed by atoms with van der Waals surface area (Å²) in [5, 5.41) is 3.35. The van der Waals surface area contributed by atoms with E-state index < -0.39 is 26.9 Å². The summed E-state index contributed by atoms with van der Waals surface area (Å²) in [6.07, 6.45) is 2.63. The number of rotatable bonds is 21. The normalized spacial score (nSPS) is 14.7. The number of methoxy groups -OCH3 is 4. The Morgan fingerprint density at radius 2 is 1.69 bits per heavy atom. The number of nitrogens with one attached hydrogen (secondary N) is 2. The van der Waals surface area contributed by atoms with Crippen LogP contribution in [0.15, 0.2) is 35.7 Å². The lowest BCUT2D eigenvalue weighted by Crippen LogP contribution is -2.70. The van der Waals surface area contributed by atoms with Crippen LogP contribution in [0.1, 0.15) is 43.2 Å². The standard InChI is InChI=1S/C36H49N5O11S2/c1-38-32(37)9-8-17-53-31-22-34(43)41(35(31)44)15-7-10-33(42)39-14-16-40(2)36(45)52-30-19-24(11-12-27(30)49-4)23-54(46,47)18-13-26-28(50-5)20-25(48-3)21-29(26)51-6/h11-13,18-21,31H,7-10,14-17,22-23H2,1-6H3,(H2,37,38)(H,39,42)/p+1/b18-13+. The molecule has 1 aliphatic rings. The fraction of sp³-hybridized carbons (Fsp3) is 0.472. The van der Waals surface area contributed by atoms with Gasteiger partial charge in [-0.2, -0.15) is 0 Å². The third kappa shape index (κ3) is 12.9. The molecule has 3 rings (SSSR count). The van der Waals surface area contributed by atoms with Gasteiger partial charge in [0, 0.05) is 63.5 Å². The van der Waals surface area contributed by atoms with Gasteiger partial charge in [0.2, 0.25) is 23.6 Å². The molecule has 0 aromatic heterocycles. The fourth-order valence-corrected chi connectivity index (χ4v) is 7.49. The maximum atomic E-state index is 13.1. The lowest BCUT2D eigenvalue weighted by Gasteiger charge is -2.18. The van der Waals surface area contributed by atoms with Crippen LogP contribution in [0.4, 0.5) is 4.79 Å². The Morgan fingerprint density at radius 3 is 2.31 bits per heavy atom. The molecule has 4 N–H and O–H groups in total. The van der Waals surface area contributed by atoms with E-state index in [2.05, 4.69) is 10.3 Å². The maximum Gasteiger partial charge on any atom is 0.415 e. The lowest BCUT2D eigenvalue weighted by atomic mass is 10.1. The first-order valence-electron chi connectivity index (χ1n) is 17.1. The number of benzene rings is 2. The summed E-state index contributed by atoms with van der Waals surface area (Å²) < 4.78 is 53.1. The summed E-state index contributed by atoms with van der Waals surface area (Å²) in [5.41, 5.74) is 6.50. The molecule has 0 spiro atoms. The van der Waals surface area contributed by atoms with Crippen LogP contribution in [-0.4, -0.2) is 121 Å². The van der Waals surface area contributed by atoms with Gasteiger partial charge in [-0.1, -0.05) is 6.07 Å². The van der Waals surface area contributed by atoms with Crippen molar-refractivity contribution in [1.82, 2.24) is 15.1 Å². The highest BCUT2D eigenvalue weighted by Crippen LogP contribution is 2.36. The van der Waals surface area contributed by atoms with E-state index >= 15 is 0 Å². The van der Waals surface area contributed by atoms with E-state index in [1.165, 1.54) is 75.3 Å². The number of nitrogens with zero attached hydrogens (tertiary/aromatic N) is 2. The molecule has 1 saturated heterocycles. The average molecular weight is 793 g/mol. The summed E-state index contributed by atoms with van der Waals surface area (Å²) >= 11 is 1.44. The Kier molecular flexibility index (Phi) is 16.9. The quantitative estimate of drug-likeness (QED) is 0.0707. The van der Waals surface area contributed by atoms with Gasteiger partial charge >= 0.3 is 6.09 Å². The summed E-state index contributed by atoms with van der Waals surface area (Å²) in [5.74, 6) is 1.60. The molecule has 1 aliphatic heterocycles. The first kappa shape index (κ1) is 43.4. The van der Waals surface area contributed by atoms with Crippen LogP contribution in [0, 0.1) is 0 Å². The monoisotopic (exact) mass is 792 g/mol. The van der Waals surface area contributed by atoms with Gasteiger partial charge in [-0.15, -0.1) is 11.8 Å². The van der Waals surface area contributed by atoms with E-state index in [0.29, 0.717) is 52.8 Å². The van der Waals surface area contributed by atoms with E-state index in [0.717, 1.165) is 11.8 Å². The highest BCUT2D eigenvalue weighted by molar-refractivity contribution is 8.00. The summed E-state index contributed by atoms with van der Waals surface area (Å²) in [6, 6.07) is 7.66. The van der Waals surface area contributed by atoms with Crippen molar-refractivity contribution >= 4 is 57.3 Å². The fourth-order valence-electron chi connectivity index (χ4n) is 5.28. The van der Waals surface area contributed by atoms with Crippen LogP contribution in [-0.2, 0) is 30.0 Å². The van der Waals surface area contributed by atoms with Gasteiger partial charge in [0.1, 0.15) is 17.2 Å². The van der Waals surface area contributed by atoms with E-state index in [1.54, 1.807) is 25.2 Å². The van der Waals surface area contributed by atoms with Crippen molar-refractivity contribution in [1.29, 1.82) is 0 Å². The van der Waals surface area contributed by atoms with Gasteiger partial charge in [0.15, 0.2) is 21.3 Å². The van der Waals surface area contributed by atoms with Crippen LogP contribution in [0.3, 0.4) is 0 Å². The predicted octanol–water partition coefficient (Wildman–Crippen LogP) is 1.34. The number of thioether (sulfide) groups is 1. The van der Waals surface area contributed by atoms with Crippen LogP contribution >= 0.6 is 11.8 Å². The maximum absolute atomic E-state index is 13.1. The number of amidine groups is 1. The van der Waals surface area contributed by atoms with Gasteiger partial charge in [-0.25, -0.2) is 13.2 Å². The molecular weight excluding hydrogens is 743 g/mol. The van der Waals surface area contributed by atoms with Crippen molar-refractivity contribution < 1.29 is 56.3 Å². The molecule has 0 saturated carbocycles. The number of hydrogen-bond donors (Lipinski definition) is 3.